The Hall–Kier alpha value is -5.46. The Balaban J connectivity index is 0.000000165. The third kappa shape index (κ3) is 13.8. The molecule has 8 nitrogen and oxygen atoms in total. The van der Waals surface area contributed by atoms with Gasteiger partial charge < -0.3 is 13.8 Å². The molecule has 0 radical (unpaired) electrons. The van der Waals surface area contributed by atoms with Gasteiger partial charge in [0, 0.05) is 5.41 Å². The molecule has 0 spiro atoms. The van der Waals surface area contributed by atoms with Gasteiger partial charge in [-0.1, -0.05) is 109 Å². The molecule has 0 N–H and O–H groups in total. The zero-order valence-electron chi connectivity index (χ0n) is 39.6. The Bertz CT molecular complexity index is 2700. The van der Waals surface area contributed by atoms with Crippen LogP contribution >= 0.6 is 0 Å². The molecule has 6 aromatic rings. The summed E-state index contributed by atoms with van der Waals surface area (Å²) in [4.78, 5) is 19.4. The van der Waals surface area contributed by atoms with Gasteiger partial charge in [-0.2, -0.15) is 48.3 Å². The van der Waals surface area contributed by atoms with Crippen molar-refractivity contribution in [3.05, 3.63) is 182 Å². The summed E-state index contributed by atoms with van der Waals surface area (Å²) in [5.41, 5.74) is -0.298. The van der Waals surface area contributed by atoms with Crippen LogP contribution in [-0.4, -0.2) is 67.0 Å². The Morgan fingerprint density at radius 3 is 0.908 bits per heavy atom. The first-order valence-electron chi connectivity index (χ1n) is 23.0. The molecule has 0 saturated heterocycles. The van der Waals surface area contributed by atoms with E-state index in [1.54, 1.807) is 0 Å². The number of hydrogen-bond acceptors (Lipinski definition) is 8. The summed E-state index contributed by atoms with van der Waals surface area (Å²) in [5, 5.41) is -12.1. The standard InChI is InChI=1S/2C18H15S.C13H18F2O5S.C4HF9O3S/c2*1-4-10-16(11-5-1)19(17-12-6-2-7-13-17)18-14-8-3-9-15-18;14-13(15,21(17,18)19)11(16)20-7-12-4-8-1-9(5-12)3-10(2-8)6-12;5-1(6,3(9,10)11)2(7,8)4(12,13)17(14,15)16/h2*1-15H;8-10H,1-7H2,(H,17,18,19);(H,14,15,16)/q2*+1;;/p-2. The van der Waals surface area contributed by atoms with Gasteiger partial charge in [0.1, 0.15) is 0 Å². The first-order valence-corrected chi connectivity index (χ1v) is 28.2. The lowest BCUT2D eigenvalue weighted by molar-refractivity contribution is -0.382. The minimum absolute atomic E-state index is 0.0146. The van der Waals surface area contributed by atoms with E-state index in [1.165, 1.54) is 29.4 Å². The average molecular weight is 1150 g/mol. The van der Waals surface area contributed by atoms with Gasteiger partial charge in [-0.3, -0.25) is 0 Å². The maximum Gasteiger partial charge on any atom is 0.460 e. The Kier molecular flexibility index (Phi) is 18.9. The van der Waals surface area contributed by atoms with Crippen molar-refractivity contribution in [2.75, 3.05) is 6.61 Å². The van der Waals surface area contributed by atoms with Crippen molar-refractivity contribution in [2.45, 2.75) is 96.4 Å². The number of alkyl halides is 11. The van der Waals surface area contributed by atoms with E-state index in [0.717, 1.165) is 38.5 Å². The molecule has 10 rings (SSSR count). The number of halogens is 11. The van der Waals surface area contributed by atoms with Crippen LogP contribution < -0.4 is 0 Å². The SMILES string of the molecule is O=C(OCC12CC3CC(CC(C3)C1)C2)C(F)(F)S(=O)(=O)[O-].O=S(=O)([O-])C(F)(F)C(F)(F)C(F)(F)C(F)(F)F.c1ccc([S+](c2ccccc2)c2ccccc2)cc1.c1ccc([S+](c2ccccc2)c2ccccc2)cc1. The van der Waals surface area contributed by atoms with Gasteiger partial charge in [0.25, 0.3) is 0 Å². The van der Waals surface area contributed by atoms with E-state index in [9.17, 15) is 79.0 Å². The predicted octanol–water partition coefficient (Wildman–Crippen LogP) is 13.4. The fourth-order valence-corrected chi connectivity index (χ4v) is 14.5. The summed E-state index contributed by atoms with van der Waals surface area (Å²) < 4.78 is 197. The normalized spacial score (nSPS) is 19.5. The highest BCUT2D eigenvalue weighted by atomic mass is 32.2. The third-order valence-electron chi connectivity index (χ3n) is 12.5. The molecular formula is C53H47F11O8S4. The van der Waals surface area contributed by atoms with Crippen molar-refractivity contribution in [3.8, 4) is 0 Å². The van der Waals surface area contributed by atoms with Crippen LogP contribution in [0.5, 0.6) is 0 Å². The molecule has 0 heterocycles. The van der Waals surface area contributed by atoms with Crippen LogP contribution in [0.1, 0.15) is 38.5 Å². The largest absolute Gasteiger partial charge is 0.743 e. The van der Waals surface area contributed by atoms with Gasteiger partial charge in [-0.05, 0) is 129 Å². The zero-order chi connectivity index (χ0) is 55.8. The summed E-state index contributed by atoms with van der Waals surface area (Å²) in [7, 11) is -13.5. The smallest absolute Gasteiger partial charge is 0.460 e. The van der Waals surface area contributed by atoms with Crippen LogP contribution in [0.4, 0.5) is 48.3 Å². The molecule has 76 heavy (non-hydrogen) atoms. The predicted molar refractivity (Wildman–Crippen MR) is 260 cm³/mol. The van der Waals surface area contributed by atoms with E-state index in [4.69, 9.17) is 0 Å². The molecular weight excluding hydrogens is 1100 g/mol. The second-order valence-corrected chi connectivity index (χ2v) is 25.0. The van der Waals surface area contributed by atoms with Gasteiger partial charge in [0.05, 0.1) is 28.4 Å². The van der Waals surface area contributed by atoms with Crippen molar-refractivity contribution < 1.29 is 83.8 Å². The number of hydrogen-bond donors (Lipinski definition) is 0. The van der Waals surface area contributed by atoms with E-state index in [0.29, 0.717) is 17.8 Å². The van der Waals surface area contributed by atoms with Crippen LogP contribution in [0.2, 0.25) is 0 Å². The van der Waals surface area contributed by atoms with Crippen molar-refractivity contribution in [1.29, 1.82) is 0 Å². The van der Waals surface area contributed by atoms with Crippen molar-refractivity contribution in [1.82, 2.24) is 0 Å². The molecule has 6 aromatic carbocycles. The molecule has 0 atom stereocenters. The van der Waals surface area contributed by atoms with Gasteiger partial charge >= 0.3 is 34.5 Å². The lowest BCUT2D eigenvalue weighted by Crippen LogP contribution is -2.63. The highest BCUT2D eigenvalue weighted by Crippen LogP contribution is 2.60. The number of carbonyl (C=O) groups excluding carboxylic acids is 1. The molecule has 4 aliphatic rings. The fraction of sp³-hybridized carbons (Fsp3) is 0.302. The first-order chi connectivity index (χ1) is 35.5. The van der Waals surface area contributed by atoms with Crippen LogP contribution in [0.15, 0.2) is 211 Å². The van der Waals surface area contributed by atoms with E-state index in [2.05, 4.69) is 187 Å². The summed E-state index contributed by atoms with van der Waals surface area (Å²) in [6.45, 7) is -0.208. The zero-order valence-corrected chi connectivity index (χ0v) is 42.8. The van der Waals surface area contributed by atoms with Crippen molar-refractivity contribution >= 4 is 48.0 Å². The first kappa shape index (κ1) is 59.8. The average Bonchev–Trinajstić information content (AvgIpc) is 3.37. The lowest BCUT2D eigenvalue weighted by atomic mass is 9.50. The van der Waals surface area contributed by atoms with Crippen LogP contribution in [0.25, 0.3) is 0 Å². The van der Waals surface area contributed by atoms with Crippen LogP contribution in [0, 0.1) is 23.2 Å². The number of rotatable bonds is 13. The molecule has 0 aliphatic heterocycles. The Morgan fingerprint density at radius 2 is 0.697 bits per heavy atom. The van der Waals surface area contributed by atoms with Crippen LogP contribution in [0.3, 0.4) is 0 Å². The molecule has 0 aromatic heterocycles. The van der Waals surface area contributed by atoms with Crippen molar-refractivity contribution in [2.24, 2.45) is 23.2 Å². The van der Waals surface area contributed by atoms with Gasteiger partial charge in [-0.25, -0.2) is 21.6 Å². The van der Waals surface area contributed by atoms with Gasteiger partial charge in [0.15, 0.2) is 49.6 Å². The quantitative estimate of drug-likeness (QED) is 0.0482. The van der Waals surface area contributed by atoms with Gasteiger partial charge in [0.2, 0.25) is 0 Å². The second kappa shape index (κ2) is 24.1. The summed E-state index contributed by atoms with van der Waals surface area (Å²) in [6.07, 6.45) is -1.20. The van der Waals surface area contributed by atoms with E-state index < -0.39 is 54.7 Å². The number of esters is 1. The van der Waals surface area contributed by atoms with Crippen molar-refractivity contribution in [3.63, 3.8) is 0 Å². The van der Waals surface area contributed by atoms with Crippen LogP contribution in [-0.2, 0) is 51.6 Å². The second-order valence-electron chi connectivity index (χ2n) is 18.1. The maximum atomic E-state index is 13.1. The molecule has 4 aliphatic carbocycles. The fourth-order valence-electron chi connectivity index (χ4n) is 9.55. The number of benzene rings is 6. The molecule has 4 fully saturated rings. The molecule has 4 saturated carbocycles. The number of carbonyl (C=O) groups is 1. The molecule has 408 valence electrons. The van der Waals surface area contributed by atoms with E-state index in [1.807, 2.05) is 0 Å². The molecule has 4 bridgehead atoms. The lowest BCUT2D eigenvalue weighted by Gasteiger charge is -2.56. The Morgan fingerprint density at radius 1 is 0.447 bits per heavy atom. The minimum Gasteiger partial charge on any atom is -0.743 e. The highest BCUT2D eigenvalue weighted by molar-refractivity contribution is 7.97. The molecule has 0 unspecified atom stereocenters. The van der Waals surface area contributed by atoms with E-state index in [-0.39, 0.29) is 33.8 Å². The summed E-state index contributed by atoms with van der Waals surface area (Å²) in [6, 6.07) is 64.3. The number of ether oxygens (including phenoxy) is 1. The topological polar surface area (TPSA) is 141 Å². The summed E-state index contributed by atoms with van der Waals surface area (Å²) >= 11 is 0. The molecule has 0 amide bonds. The minimum atomic E-state index is -7.43. The Labute approximate surface area is 437 Å². The molecule has 23 heteroatoms. The van der Waals surface area contributed by atoms with Gasteiger partial charge in [-0.15, -0.1) is 0 Å². The third-order valence-corrected chi connectivity index (χ3v) is 18.7. The van der Waals surface area contributed by atoms with E-state index >= 15 is 0 Å². The maximum absolute atomic E-state index is 13.1. The monoisotopic (exact) mass is 1150 g/mol. The highest BCUT2D eigenvalue weighted by Gasteiger charge is 2.83. The summed E-state index contributed by atoms with van der Waals surface area (Å²) in [5.74, 6) is -15.4.